The van der Waals surface area contributed by atoms with Crippen molar-refractivity contribution < 1.29 is 4.79 Å². The summed E-state index contributed by atoms with van der Waals surface area (Å²) >= 11 is 3.07. The molecule has 0 spiro atoms. The Morgan fingerprint density at radius 2 is 2.22 bits per heavy atom. The molecule has 3 aromatic rings. The Hall–Kier alpha value is -1.59. The van der Waals surface area contributed by atoms with Crippen LogP contribution < -0.4 is 0 Å². The zero-order valence-electron chi connectivity index (χ0n) is 9.66. The first-order valence-electron chi connectivity index (χ1n) is 5.44. The van der Waals surface area contributed by atoms with E-state index < -0.39 is 0 Å². The number of thiazole rings is 1. The zero-order chi connectivity index (χ0) is 12.5. The van der Waals surface area contributed by atoms with Gasteiger partial charge in [-0.1, -0.05) is 30.0 Å². The minimum atomic E-state index is 0.625. The average molecular weight is 274 g/mol. The number of aryl methyl sites for hydroxylation is 1. The molecule has 0 saturated carbocycles. The monoisotopic (exact) mass is 274 g/mol. The van der Waals surface area contributed by atoms with E-state index in [1.54, 1.807) is 0 Å². The van der Waals surface area contributed by atoms with E-state index in [0.29, 0.717) is 5.69 Å². The Kier molecular flexibility index (Phi) is 2.93. The number of aromatic nitrogens is 2. The average Bonchev–Trinajstić information content (AvgIpc) is 2.92. The molecule has 2 aromatic heterocycles. The van der Waals surface area contributed by atoms with Gasteiger partial charge in [-0.05, 0) is 18.6 Å². The molecule has 0 saturated heterocycles. The van der Waals surface area contributed by atoms with E-state index in [2.05, 4.69) is 18.0 Å². The second kappa shape index (κ2) is 4.59. The van der Waals surface area contributed by atoms with Gasteiger partial charge in [-0.2, -0.15) is 0 Å². The SMILES string of the molecule is Cc1ccccc1Sc1nc2sccn2c1C=O. The largest absolute Gasteiger partial charge is 0.296 e. The predicted octanol–water partition coefficient (Wildman–Crippen LogP) is 3.67. The fourth-order valence-corrected chi connectivity index (χ4v) is 3.49. The molecular weight excluding hydrogens is 264 g/mol. The van der Waals surface area contributed by atoms with Gasteiger partial charge >= 0.3 is 0 Å². The highest BCUT2D eigenvalue weighted by molar-refractivity contribution is 7.99. The van der Waals surface area contributed by atoms with Crippen LogP contribution in [0.15, 0.2) is 45.8 Å². The zero-order valence-corrected chi connectivity index (χ0v) is 11.3. The third-order valence-electron chi connectivity index (χ3n) is 2.68. The summed E-state index contributed by atoms with van der Waals surface area (Å²) in [6.07, 6.45) is 2.74. The predicted molar refractivity (Wildman–Crippen MR) is 73.8 cm³/mol. The molecule has 3 rings (SSSR count). The van der Waals surface area contributed by atoms with E-state index in [9.17, 15) is 4.79 Å². The molecular formula is C13H10N2OS2. The smallest absolute Gasteiger partial charge is 0.195 e. The van der Waals surface area contributed by atoms with Crippen molar-refractivity contribution in [1.82, 2.24) is 9.38 Å². The van der Waals surface area contributed by atoms with Crippen molar-refractivity contribution in [3.05, 3.63) is 47.1 Å². The molecule has 0 N–H and O–H groups in total. The molecule has 5 heteroatoms. The summed E-state index contributed by atoms with van der Waals surface area (Å²) in [5, 5.41) is 2.70. The van der Waals surface area contributed by atoms with Crippen LogP contribution in [0.1, 0.15) is 16.1 Å². The normalized spacial score (nSPS) is 10.9. The lowest BCUT2D eigenvalue weighted by Crippen LogP contribution is -1.88. The van der Waals surface area contributed by atoms with Crippen LogP contribution in [0.2, 0.25) is 0 Å². The quantitative estimate of drug-likeness (QED) is 0.683. The third-order valence-corrected chi connectivity index (χ3v) is 4.61. The summed E-state index contributed by atoms with van der Waals surface area (Å²) in [7, 11) is 0. The van der Waals surface area contributed by atoms with Crippen LogP contribution in [0, 0.1) is 6.92 Å². The number of rotatable bonds is 3. The van der Waals surface area contributed by atoms with Crippen LogP contribution in [0.4, 0.5) is 0 Å². The number of fused-ring (bicyclic) bond motifs is 1. The lowest BCUT2D eigenvalue weighted by Gasteiger charge is -2.02. The summed E-state index contributed by atoms with van der Waals surface area (Å²) < 4.78 is 1.83. The maximum Gasteiger partial charge on any atom is 0.195 e. The van der Waals surface area contributed by atoms with Gasteiger partial charge in [0.1, 0.15) is 10.7 Å². The second-order valence-electron chi connectivity index (χ2n) is 3.84. The minimum absolute atomic E-state index is 0.625. The molecule has 2 heterocycles. The fraction of sp³-hybridized carbons (Fsp3) is 0.0769. The summed E-state index contributed by atoms with van der Waals surface area (Å²) in [5.41, 5.74) is 1.82. The lowest BCUT2D eigenvalue weighted by atomic mass is 10.2. The first kappa shape index (κ1) is 11.5. The molecule has 1 aromatic carbocycles. The van der Waals surface area contributed by atoms with E-state index in [1.165, 1.54) is 28.7 Å². The van der Waals surface area contributed by atoms with Crippen molar-refractivity contribution in [2.24, 2.45) is 0 Å². The number of imidazole rings is 1. The van der Waals surface area contributed by atoms with Crippen molar-refractivity contribution in [3.8, 4) is 0 Å². The van der Waals surface area contributed by atoms with Gasteiger partial charge in [0.2, 0.25) is 0 Å². The van der Waals surface area contributed by atoms with E-state index in [4.69, 9.17) is 0 Å². The van der Waals surface area contributed by atoms with Crippen LogP contribution in [0.3, 0.4) is 0 Å². The van der Waals surface area contributed by atoms with Crippen LogP contribution in [0.25, 0.3) is 4.96 Å². The Balaban J connectivity index is 2.07. The summed E-state index contributed by atoms with van der Waals surface area (Å²) in [6, 6.07) is 8.10. The standard InChI is InChI=1S/C13H10N2OS2/c1-9-4-2-3-5-11(9)18-12-10(8-16)15-6-7-17-13(15)14-12/h2-8H,1H3. The van der Waals surface area contributed by atoms with E-state index in [1.807, 2.05) is 34.2 Å². The van der Waals surface area contributed by atoms with Crippen LogP contribution >= 0.6 is 23.1 Å². The minimum Gasteiger partial charge on any atom is -0.296 e. The van der Waals surface area contributed by atoms with Crippen molar-refractivity contribution >= 4 is 34.3 Å². The van der Waals surface area contributed by atoms with E-state index in [-0.39, 0.29) is 0 Å². The van der Waals surface area contributed by atoms with Gasteiger partial charge in [0.05, 0.1) is 0 Å². The van der Waals surface area contributed by atoms with Crippen molar-refractivity contribution in [2.45, 2.75) is 16.8 Å². The van der Waals surface area contributed by atoms with Crippen molar-refractivity contribution in [2.75, 3.05) is 0 Å². The van der Waals surface area contributed by atoms with Gasteiger partial charge in [-0.25, -0.2) is 4.98 Å². The summed E-state index contributed by atoms with van der Waals surface area (Å²) in [5.74, 6) is 0. The molecule has 0 bridgehead atoms. The second-order valence-corrected chi connectivity index (χ2v) is 5.75. The topological polar surface area (TPSA) is 34.4 Å². The maximum absolute atomic E-state index is 11.2. The summed E-state index contributed by atoms with van der Waals surface area (Å²) in [6.45, 7) is 2.06. The molecule has 0 aliphatic carbocycles. The molecule has 18 heavy (non-hydrogen) atoms. The molecule has 0 radical (unpaired) electrons. The van der Waals surface area contributed by atoms with Crippen molar-refractivity contribution in [3.63, 3.8) is 0 Å². The molecule has 0 unspecified atom stereocenters. The van der Waals surface area contributed by atoms with Gasteiger partial charge in [0.25, 0.3) is 0 Å². The Bertz CT molecular complexity index is 715. The Labute approximate surface area is 112 Å². The number of hydrogen-bond donors (Lipinski definition) is 0. The van der Waals surface area contributed by atoms with Gasteiger partial charge in [0.15, 0.2) is 11.2 Å². The maximum atomic E-state index is 11.2. The van der Waals surface area contributed by atoms with Crippen LogP contribution in [0.5, 0.6) is 0 Å². The van der Waals surface area contributed by atoms with Gasteiger partial charge in [-0.3, -0.25) is 9.20 Å². The number of aldehydes is 1. The number of hydrogen-bond acceptors (Lipinski definition) is 4. The Morgan fingerprint density at radius 1 is 1.39 bits per heavy atom. The molecule has 0 amide bonds. The van der Waals surface area contributed by atoms with Gasteiger partial charge in [-0.15, -0.1) is 11.3 Å². The van der Waals surface area contributed by atoms with Crippen LogP contribution in [-0.2, 0) is 0 Å². The first-order valence-corrected chi connectivity index (χ1v) is 7.13. The van der Waals surface area contributed by atoms with Crippen LogP contribution in [-0.4, -0.2) is 15.7 Å². The van der Waals surface area contributed by atoms with Gasteiger partial charge in [0, 0.05) is 16.5 Å². The molecule has 90 valence electrons. The highest BCUT2D eigenvalue weighted by atomic mass is 32.2. The molecule has 3 nitrogen and oxygen atoms in total. The Morgan fingerprint density at radius 3 is 3.00 bits per heavy atom. The highest BCUT2D eigenvalue weighted by Gasteiger charge is 2.14. The molecule has 0 aliphatic rings. The number of nitrogens with zero attached hydrogens (tertiary/aromatic N) is 2. The number of benzene rings is 1. The first-order chi connectivity index (χ1) is 8.79. The van der Waals surface area contributed by atoms with E-state index in [0.717, 1.165) is 21.2 Å². The highest BCUT2D eigenvalue weighted by Crippen LogP contribution is 2.32. The third kappa shape index (κ3) is 1.85. The molecule has 0 fully saturated rings. The summed E-state index contributed by atoms with van der Waals surface area (Å²) in [4.78, 5) is 17.7. The van der Waals surface area contributed by atoms with Crippen molar-refractivity contribution in [1.29, 1.82) is 0 Å². The molecule has 0 atom stereocenters. The number of carbonyl (C=O) groups is 1. The fourth-order valence-electron chi connectivity index (χ4n) is 1.74. The van der Waals surface area contributed by atoms with Gasteiger partial charge < -0.3 is 0 Å². The number of carbonyl (C=O) groups excluding carboxylic acids is 1. The lowest BCUT2D eigenvalue weighted by molar-refractivity contribution is 0.111. The molecule has 0 aliphatic heterocycles. The van der Waals surface area contributed by atoms with E-state index >= 15 is 0 Å².